The molecule has 0 aliphatic heterocycles. The monoisotopic (exact) mass is 266 g/mol. The van der Waals surface area contributed by atoms with Gasteiger partial charge in [-0.1, -0.05) is 35.3 Å². The second kappa shape index (κ2) is 5.17. The van der Waals surface area contributed by atoms with Crippen LogP contribution in [0.15, 0.2) is 42.6 Å². The number of halogens is 2. The Balaban J connectivity index is 2.25. The maximum atomic E-state index is 11.8. The minimum Gasteiger partial charge on any atom is -0.318 e. The molecule has 0 spiro atoms. The number of carbonyl (C=O) groups excluding carboxylic acids is 1. The van der Waals surface area contributed by atoms with Gasteiger partial charge >= 0.3 is 0 Å². The Kier molecular flexibility index (Phi) is 3.61. The first-order valence-electron chi connectivity index (χ1n) is 4.85. The minimum absolute atomic E-state index is 0.309. The molecule has 0 bridgehead atoms. The third-order valence-corrected chi connectivity index (χ3v) is 2.73. The zero-order chi connectivity index (χ0) is 12.3. The lowest BCUT2D eigenvalue weighted by Gasteiger charge is -2.08. The van der Waals surface area contributed by atoms with Crippen LogP contribution in [0.3, 0.4) is 0 Å². The highest BCUT2D eigenvalue weighted by atomic mass is 35.5. The zero-order valence-electron chi connectivity index (χ0n) is 8.65. The van der Waals surface area contributed by atoms with Gasteiger partial charge in [0.15, 0.2) is 0 Å². The van der Waals surface area contributed by atoms with Gasteiger partial charge in [-0.2, -0.15) is 0 Å². The first-order valence-corrected chi connectivity index (χ1v) is 5.60. The van der Waals surface area contributed by atoms with Gasteiger partial charge in [-0.15, -0.1) is 0 Å². The van der Waals surface area contributed by atoms with Crippen molar-refractivity contribution in [2.45, 2.75) is 0 Å². The van der Waals surface area contributed by atoms with Crippen molar-refractivity contribution in [2.24, 2.45) is 0 Å². The minimum atomic E-state index is -0.347. The van der Waals surface area contributed by atoms with E-state index in [4.69, 9.17) is 23.2 Å². The molecular formula is C12H8Cl2N2O. The Hall–Kier alpha value is -1.58. The fourth-order valence-corrected chi connectivity index (χ4v) is 1.78. The smallest absolute Gasteiger partial charge is 0.274 e. The van der Waals surface area contributed by atoms with Crippen LogP contribution in [-0.4, -0.2) is 10.9 Å². The largest absolute Gasteiger partial charge is 0.318 e. The summed E-state index contributed by atoms with van der Waals surface area (Å²) < 4.78 is 0. The van der Waals surface area contributed by atoms with Gasteiger partial charge in [0, 0.05) is 6.20 Å². The lowest BCUT2D eigenvalue weighted by Crippen LogP contribution is -2.13. The normalized spacial score (nSPS) is 10.0. The van der Waals surface area contributed by atoms with Crippen LogP contribution in [0.4, 0.5) is 5.69 Å². The van der Waals surface area contributed by atoms with E-state index in [1.165, 1.54) is 0 Å². The number of benzene rings is 1. The second-order valence-corrected chi connectivity index (χ2v) is 4.08. The third-order valence-electron chi connectivity index (χ3n) is 2.10. The van der Waals surface area contributed by atoms with E-state index in [1.807, 2.05) is 0 Å². The van der Waals surface area contributed by atoms with Crippen molar-refractivity contribution in [3.8, 4) is 0 Å². The molecule has 0 unspecified atom stereocenters. The van der Waals surface area contributed by atoms with Crippen molar-refractivity contribution in [3.05, 3.63) is 58.3 Å². The molecule has 2 rings (SSSR count). The second-order valence-electron chi connectivity index (χ2n) is 3.27. The highest BCUT2D eigenvalue weighted by Crippen LogP contribution is 2.29. The lowest BCUT2D eigenvalue weighted by molar-refractivity contribution is 0.102. The molecule has 5 heteroatoms. The average molecular weight is 267 g/mol. The van der Waals surface area contributed by atoms with Gasteiger partial charge in [-0.05, 0) is 24.3 Å². The molecule has 17 heavy (non-hydrogen) atoms. The highest BCUT2D eigenvalue weighted by Gasteiger charge is 2.11. The summed E-state index contributed by atoms with van der Waals surface area (Å²) in [6.45, 7) is 0. The van der Waals surface area contributed by atoms with Crippen LogP contribution in [-0.2, 0) is 0 Å². The van der Waals surface area contributed by atoms with E-state index in [1.54, 1.807) is 42.6 Å². The van der Waals surface area contributed by atoms with E-state index in [0.717, 1.165) is 0 Å². The molecule has 0 aliphatic rings. The van der Waals surface area contributed by atoms with E-state index in [9.17, 15) is 4.79 Å². The summed E-state index contributed by atoms with van der Waals surface area (Å²) in [6.07, 6.45) is 1.54. The number of nitrogens with one attached hydrogen (secondary N) is 1. The first kappa shape index (κ1) is 11.9. The van der Waals surface area contributed by atoms with Crippen LogP contribution in [0.2, 0.25) is 10.0 Å². The fraction of sp³-hybridized carbons (Fsp3) is 0. The molecule has 1 heterocycles. The Bertz CT molecular complexity index is 523. The van der Waals surface area contributed by atoms with Crippen LogP contribution < -0.4 is 5.32 Å². The molecule has 0 aliphatic carbocycles. The van der Waals surface area contributed by atoms with E-state index < -0.39 is 0 Å². The van der Waals surface area contributed by atoms with Crippen LogP contribution in [0.25, 0.3) is 0 Å². The van der Waals surface area contributed by atoms with E-state index in [0.29, 0.717) is 21.4 Å². The van der Waals surface area contributed by atoms with Crippen LogP contribution in [0.5, 0.6) is 0 Å². The van der Waals surface area contributed by atoms with Gasteiger partial charge in [-0.25, -0.2) is 0 Å². The summed E-state index contributed by atoms with van der Waals surface area (Å²) in [4.78, 5) is 15.8. The molecule has 0 atom stereocenters. The number of hydrogen-bond donors (Lipinski definition) is 1. The fourth-order valence-electron chi connectivity index (χ4n) is 1.29. The Morgan fingerprint density at radius 3 is 2.35 bits per heavy atom. The van der Waals surface area contributed by atoms with Crippen molar-refractivity contribution in [2.75, 3.05) is 5.32 Å². The standard InChI is InChI=1S/C12H8Cl2N2O/c13-8-4-3-5-9(14)11(8)16-12(17)10-6-1-2-7-15-10/h1-7H,(H,16,17). The number of carbonyl (C=O) groups is 1. The molecular weight excluding hydrogens is 259 g/mol. The molecule has 1 amide bonds. The van der Waals surface area contributed by atoms with Gasteiger partial charge < -0.3 is 5.32 Å². The molecule has 0 radical (unpaired) electrons. The summed E-state index contributed by atoms with van der Waals surface area (Å²) in [5, 5.41) is 3.41. The topological polar surface area (TPSA) is 42.0 Å². The van der Waals surface area contributed by atoms with Gasteiger partial charge in [0.05, 0.1) is 15.7 Å². The lowest BCUT2D eigenvalue weighted by atomic mass is 10.3. The maximum absolute atomic E-state index is 11.8. The molecule has 0 fully saturated rings. The van der Waals surface area contributed by atoms with Crippen molar-refractivity contribution in [3.63, 3.8) is 0 Å². The molecule has 1 aromatic carbocycles. The van der Waals surface area contributed by atoms with Gasteiger partial charge in [-0.3, -0.25) is 9.78 Å². The SMILES string of the molecule is O=C(Nc1c(Cl)cccc1Cl)c1ccccn1. The Morgan fingerprint density at radius 2 is 1.76 bits per heavy atom. The highest BCUT2D eigenvalue weighted by molar-refractivity contribution is 6.39. The number of hydrogen-bond acceptors (Lipinski definition) is 2. The third kappa shape index (κ3) is 2.75. The molecule has 2 aromatic rings. The van der Waals surface area contributed by atoms with Crippen molar-refractivity contribution in [1.29, 1.82) is 0 Å². The quantitative estimate of drug-likeness (QED) is 0.902. The molecule has 3 nitrogen and oxygen atoms in total. The molecule has 86 valence electrons. The van der Waals surface area contributed by atoms with E-state index >= 15 is 0 Å². The number of pyridine rings is 1. The number of para-hydroxylation sites is 1. The maximum Gasteiger partial charge on any atom is 0.274 e. The van der Waals surface area contributed by atoms with Crippen molar-refractivity contribution < 1.29 is 4.79 Å². The summed E-state index contributed by atoms with van der Waals surface area (Å²) in [5.41, 5.74) is 0.704. The molecule has 1 N–H and O–H groups in total. The summed E-state index contributed by atoms with van der Waals surface area (Å²) in [7, 11) is 0. The number of rotatable bonds is 2. The van der Waals surface area contributed by atoms with Crippen LogP contribution in [0, 0.1) is 0 Å². The number of aromatic nitrogens is 1. The predicted octanol–water partition coefficient (Wildman–Crippen LogP) is 3.64. The average Bonchev–Trinajstić information content (AvgIpc) is 2.35. The summed E-state index contributed by atoms with van der Waals surface area (Å²) in [6, 6.07) is 10.1. The number of nitrogens with zero attached hydrogens (tertiary/aromatic N) is 1. The van der Waals surface area contributed by atoms with E-state index in [-0.39, 0.29) is 5.91 Å². The summed E-state index contributed by atoms with van der Waals surface area (Å²) in [5.74, 6) is -0.347. The number of anilines is 1. The Morgan fingerprint density at radius 1 is 1.06 bits per heavy atom. The molecule has 1 aromatic heterocycles. The summed E-state index contributed by atoms with van der Waals surface area (Å²) >= 11 is 11.9. The van der Waals surface area contributed by atoms with Gasteiger partial charge in [0.2, 0.25) is 0 Å². The van der Waals surface area contributed by atoms with Crippen molar-refractivity contribution >= 4 is 34.8 Å². The first-order chi connectivity index (χ1) is 8.18. The zero-order valence-corrected chi connectivity index (χ0v) is 10.2. The predicted molar refractivity (Wildman–Crippen MR) is 68.7 cm³/mol. The number of amides is 1. The molecule has 0 saturated carbocycles. The Labute approximate surface area is 108 Å². The molecule has 0 saturated heterocycles. The van der Waals surface area contributed by atoms with Crippen LogP contribution in [0.1, 0.15) is 10.5 Å². The van der Waals surface area contributed by atoms with Crippen LogP contribution >= 0.6 is 23.2 Å². The van der Waals surface area contributed by atoms with Crippen molar-refractivity contribution in [1.82, 2.24) is 4.98 Å². The van der Waals surface area contributed by atoms with Gasteiger partial charge in [0.25, 0.3) is 5.91 Å². The van der Waals surface area contributed by atoms with E-state index in [2.05, 4.69) is 10.3 Å². The van der Waals surface area contributed by atoms with Gasteiger partial charge in [0.1, 0.15) is 5.69 Å².